The Bertz CT molecular complexity index is 724. The molecule has 9 heteroatoms. The summed E-state index contributed by atoms with van der Waals surface area (Å²) in [6, 6.07) is 6.90. The van der Waals surface area contributed by atoms with E-state index in [0.29, 0.717) is 12.1 Å². The first-order valence-electron chi connectivity index (χ1n) is 11.0. The third kappa shape index (κ3) is 9.48. The van der Waals surface area contributed by atoms with E-state index >= 15 is 0 Å². The molecular weight excluding hydrogens is 430 g/mol. The number of nitrogens with zero attached hydrogens (tertiary/aromatic N) is 1. The average molecular weight is 468 g/mol. The fourth-order valence-corrected chi connectivity index (χ4v) is 3.35. The molecule has 8 nitrogen and oxygen atoms in total. The predicted molar refractivity (Wildman–Crippen MR) is 128 cm³/mol. The smallest absolute Gasteiger partial charge is 0.408 e. The van der Waals surface area contributed by atoms with Crippen LogP contribution in [0.1, 0.15) is 58.6 Å². The number of hydrogen-bond donors (Lipinski definition) is 4. The summed E-state index contributed by atoms with van der Waals surface area (Å²) in [7, 11) is 0. The second kappa shape index (κ2) is 14.0. The molecule has 0 bridgehead atoms. The summed E-state index contributed by atoms with van der Waals surface area (Å²) in [5.74, 6) is -0.874. The van der Waals surface area contributed by atoms with Crippen LogP contribution in [0.25, 0.3) is 0 Å². The molecule has 2 unspecified atom stereocenters. The number of unbranched alkanes of at least 4 members (excludes halogenated alkanes) is 2. The highest BCUT2D eigenvalue weighted by atomic mass is 32.1. The molecule has 32 heavy (non-hydrogen) atoms. The molecule has 0 spiro atoms. The minimum atomic E-state index is -1.03. The summed E-state index contributed by atoms with van der Waals surface area (Å²) in [6.45, 7) is 7.29. The van der Waals surface area contributed by atoms with Crippen molar-refractivity contribution in [2.75, 3.05) is 25.4 Å². The van der Waals surface area contributed by atoms with E-state index in [0.717, 1.165) is 19.3 Å². The minimum Gasteiger partial charge on any atom is -0.444 e. The number of aliphatic hydroxyl groups excluding tert-OH is 1. The van der Waals surface area contributed by atoms with Crippen molar-refractivity contribution in [3.05, 3.63) is 35.9 Å². The van der Waals surface area contributed by atoms with Crippen molar-refractivity contribution in [2.24, 2.45) is 0 Å². The molecule has 1 aromatic carbocycles. The molecule has 0 saturated carbocycles. The average Bonchev–Trinajstić information content (AvgIpc) is 2.73. The zero-order valence-corrected chi connectivity index (χ0v) is 20.4. The predicted octanol–water partition coefficient (Wildman–Crippen LogP) is 2.68. The summed E-state index contributed by atoms with van der Waals surface area (Å²) >= 11 is 4.21. The van der Waals surface area contributed by atoms with Crippen LogP contribution in [0, 0.1) is 0 Å². The van der Waals surface area contributed by atoms with Crippen molar-refractivity contribution in [1.82, 2.24) is 15.5 Å². The molecule has 180 valence electrons. The second-order valence-electron chi connectivity index (χ2n) is 8.45. The molecule has 0 saturated heterocycles. The standard InChI is InChI=1S/C23H37N3O5S/c1-5-6-10-13-24-20(28)19(17-11-8-7-9-12-17)26(14-15-27)21(29)18(16-32)25-22(30)31-23(2,3)4/h7-9,11-12,18-19,27,32H,5-6,10,13-16H2,1-4H3,(H,24,28)(H,25,30). The van der Waals surface area contributed by atoms with E-state index in [9.17, 15) is 19.5 Å². The van der Waals surface area contributed by atoms with Gasteiger partial charge in [-0.2, -0.15) is 12.6 Å². The molecule has 1 aromatic rings. The first-order chi connectivity index (χ1) is 15.1. The SMILES string of the molecule is CCCCCNC(=O)C(c1ccccc1)N(CCO)C(=O)C(CS)NC(=O)OC(C)(C)C. The van der Waals surface area contributed by atoms with Crippen LogP contribution in [0.5, 0.6) is 0 Å². The van der Waals surface area contributed by atoms with Gasteiger partial charge in [0.05, 0.1) is 6.61 Å². The highest BCUT2D eigenvalue weighted by Gasteiger charge is 2.35. The van der Waals surface area contributed by atoms with Gasteiger partial charge in [0.25, 0.3) is 0 Å². The highest BCUT2D eigenvalue weighted by molar-refractivity contribution is 7.80. The van der Waals surface area contributed by atoms with E-state index in [-0.39, 0.29) is 24.8 Å². The van der Waals surface area contributed by atoms with Crippen LogP contribution in [-0.2, 0) is 14.3 Å². The molecule has 1 rings (SSSR count). The Morgan fingerprint density at radius 2 is 1.81 bits per heavy atom. The molecule has 3 N–H and O–H groups in total. The third-order valence-corrected chi connectivity index (χ3v) is 4.92. The maximum Gasteiger partial charge on any atom is 0.408 e. The molecule has 0 radical (unpaired) electrons. The first kappa shape index (κ1) is 27.8. The molecule has 0 aromatic heterocycles. The van der Waals surface area contributed by atoms with Gasteiger partial charge in [0, 0.05) is 18.8 Å². The van der Waals surface area contributed by atoms with Gasteiger partial charge >= 0.3 is 6.09 Å². The number of amides is 3. The third-order valence-electron chi connectivity index (χ3n) is 4.55. The van der Waals surface area contributed by atoms with E-state index < -0.39 is 29.7 Å². The Morgan fingerprint density at radius 3 is 2.34 bits per heavy atom. The fourth-order valence-electron chi connectivity index (χ4n) is 3.10. The Morgan fingerprint density at radius 1 is 1.16 bits per heavy atom. The van der Waals surface area contributed by atoms with Crippen LogP contribution >= 0.6 is 12.6 Å². The lowest BCUT2D eigenvalue weighted by atomic mass is 10.0. The molecule has 0 heterocycles. The Balaban J connectivity index is 3.15. The molecule has 3 amide bonds. The molecule has 0 aliphatic heterocycles. The van der Waals surface area contributed by atoms with E-state index in [2.05, 4.69) is 30.2 Å². The van der Waals surface area contributed by atoms with Crippen molar-refractivity contribution in [1.29, 1.82) is 0 Å². The van der Waals surface area contributed by atoms with Crippen molar-refractivity contribution < 1.29 is 24.2 Å². The minimum absolute atomic E-state index is 0.000364. The van der Waals surface area contributed by atoms with Gasteiger partial charge in [-0.1, -0.05) is 50.1 Å². The van der Waals surface area contributed by atoms with E-state index in [1.54, 1.807) is 45.0 Å². The van der Waals surface area contributed by atoms with Gasteiger partial charge in [0.2, 0.25) is 11.8 Å². The number of ether oxygens (including phenoxy) is 1. The molecule has 0 aliphatic rings. The summed E-state index contributed by atoms with van der Waals surface area (Å²) in [5.41, 5.74) is -0.123. The number of carbonyl (C=O) groups is 3. The first-order valence-corrected chi connectivity index (χ1v) is 11.6. The van der Waals surface area contributed by atoms with Crippen LogP contribution in [0.3, 0.4) is 0 Å². The largest absolute Gasteiger partial charge is 0.444 e. The van der Waals surface area contributed by atoms with Crippen LogP contribution < -0.4 is 10.6 Å². The van der Waals surface area contributed by atoms with Crippen molar-refractivity contribution in [2.45, 2.75) is 64.6 Å². The van der Waals surface area contributed by atoms with E-state index in [1.165, 1.54) is 4.90 Å². The van der Waals surface area contributed by atoms with Crippen molar-refractivity contribution in [3.63, 3.8) is 0 Å². The van der Waals surface area contributed by atoms with Gasteiger partial charge in [0.1, 0.15) is 17.7 Å². The van der Waals surface area contributed by atoms with Gasteiger partial charge in [-0.25, -0.2) is 4.79 Å². The zero-order valence-electron chi connectivity index (χ0n) is 19.5. The number of thiol groups is 1. The van der Waals surface area contributed by atoms with E-state index in [1.807, 2.05) is 6.07 Å². The summed E-state index contributed by atoms with van der Waals surface area (Å²) in [5, 5.41) is 15.1. The summed E-state index contributed by atoms with van der Waals surface area (Å²) < 4.78 is 5.25. The summed E-state index contributed by atoms with van der Waals surface area (Å²) in [4.78, 5) is 40.0. The van der Waals surface area contributed by atoms with Gasteiger partial charge in [-0.3, -0.25) is 9.59 Å². The monoisotopic (exact) mass is 467 g/mol. The van der Waals surface area contributed by atoms with Gasteiger partial charge in [0.15, 0.2) is 0 Å². The second-order valence-corrected chi connectivity index (χ2v) is 8.81. The van der Waals surface area contributed by atoms with Gasteiger partial charge < -0.3 is 25.4 Å². The topological polar surface area (TPSA) is 108 Å². The number of alkyl carbamates (subject to hydrolysis) is 1. The normalized spacial score (nSPS) is 13.1. The molecule has 2 atom stereocenters. The number of hydrogen-bond acceptors (Lipinski definition) is 6. The van der Waals surface area contributed by atoms with Crippen LogP contribution in [0.2, 0.25) is 0 Å². The summed E-state index contributed by atoms with van der Waals surface area (Å²) in [6.07, 6.45) is 2.08. The number of nitrogens with one attached hydrogen (secondary N) is 2. The highest BCUT2D eigenvalue weighted by Crippen LogP contribution is 2.22. The molecule has 0 fully saturated rings. The van der Waals surface area contributed by atoms with Crippen LogP contribution in [0.4, 0.5) is 4.79 Å². The van der Waals surface area contributed by atoms with Gasteiger partial charge in [-0.15, -0.1) is 0 Å². The van der Waals surface area contributed by atoms with Crippen LogP contribution in [-0.4, -0.2) is 65.0 Å². The Hall–Kier alpha value is -2.26. The fraction of sp³-hybridized carbons (Fsp3) is 0.609. The maximum absolute atomic E-state index is 13.4. The lowest BCUT2D eigenvalue weighted by molar-refractivity contribution is -0.142. The Labute approximate surface area is 196 Å². The lowest BCUT2D eigenvalue weighted by Gasteiger charge is -2.33. The maximum atomic E-state index is 13.4. The Kier molecular flexibility index (Phi) is 12.2. The van der Waals surface area contributed by atoms with Crippen LogP contribution in [0.15, 0.2) is 30.3 Å². The van der Waals surface area contributed by atoms with Crippen molar-refractivity contribution in [3.8, 4) is 0 Å². The number of benzene rings is 1. The molecular formula is C23H37N3O5S. The lowest BCUT2D eigenvalue weighted by Crippen LogP contribution is -2.54. The van der Waals surface area contributed by atoms with Crippen molar-refractivity contribution >= 4 is 30.5 Å². The number of rotatable bonds is 12. The zero-order chi connectivity index (χ0) is 24.1. The number of carbonyl (C=O) groups excluding carboxylic acids is 3. The van der Waals surface area contributed by atoms with Gasteiger partial charge in [-0.05, 0) is 32.8 Å². The quantitative estimate of drug-likeness (QED) is 0.279. The van der Waals surface area contributed by atoms with E-state index in [4.69, 9.17) is 4.74 Å². The number of aliphatic hydroxyl groups is 1. The molecule has 0 aliphatic carbocycles.